The SMILES string of the molecule is O=C(c1cccc(Cl)c1)c1csc2ccccc12. The van der Waals surface area contributed by atoms with Crippen molar-refractivity contribution in [3.8, 4) is 0 Å². The molecule has 3 heteroatoms. The molecule has 0 atom stereocenters. The highest BCUT2D eigenvalue weighted by Gasteiger charge is 2.14. The topological polar surface area (TPSA) is 17.1 Å². The molecule has 2 aromatic carbocycles. The number of benzene rings is 2. The lowest BCUT2D eigenvalue weighted by Crippen LogP contribution is -1.99. The van der Waals surface area contributed by atoms with Crippen LogP contribution in [0.1, 0.15) is 15.9 Å². The summed E-state index contributed by atoms with van der Waals surface area (Å²) in [5.41, 5.74) is 1.38. The normalized spacial score (nSPS) is 10.7. The summed E-state index contributed by atoms with van der Waals surface area (Å²) in [7, 11) is 0. The van der Waals surface area contributed by atoms with E-state index in [1.54, 1.807) is 35.6 Å². The van der Waals surface area contributed by atoms with Crippen LogP contribution in [0.2, 0.25) is 5.02 Å². The fraction of sp³-hybridized carbons (Fsp3) is 0. The summed E-state index contributed by atoms with van der Waals surface area (Å²) in [6.07, 6.45) is 0. The molecule has 0 amide bonds. The van der Waals surface area contributed by atoms with Crippen LogP contribution in [-0.2, 0) is 0 Å². The Labute approximate surface area is 114 Å². The number of halogens is 1. The molecular weight excluding hydrogens is 264 g/mol. The van der Waals surface area contributed by atoms with Gasteiger partial charge in [0.1, 0.15) is 0 Å². The van der Waals surface area contributed by atoms with Crippen molar-refractivity contribution < 1.29 is 4.79 Å². The molecule has 3 aromatic rings. The van der Waals surface area contributed by atoms with Crippen LogP contribution >= 0.6 is 22.9 Å². The number of thiophene rings is 1. The predicted molar refractivity (Wildman–Crippen MR) is 76.7 cm³/mol. The summed E-state index contributed by atoms with van der Waals surface area (Å²) in [5, 5.41) is 3.50. The van der Waals surface area contributed by atoms with Gasteiger partial charge in [-0.15, -0.1) is 11.3 Å². The molecule has 0 spiro atoms. The highest BCUT2D eigenvalue weighted by atomic mass is 35.5. The largest absolute Gasteiger partial charge is 0.289 e. The van der Waals surface area contributed by atoms with Gasteiger partial charge in [0.15, 0.2) is 5.78 Å². The second-order valence-corrected chi connectivity index (χ2v) is 5.33. The van der Waals surface area contributed by atoms with Crippen molar-refractivity contribution in [1.82, 2.24) is 0 Å². The summed E-state index contributed by atoms with van der Waals surface area (Å²) in [4.78, 5) is 12.4. The molecule has 0 radical (unpaired) electrons. The molecule has 1 nitrogen and oxygen atoms in total. The van der Waals surface area contributed by atoms with E-state index in [4.69, 9.17) is 11.6 Å². The number of carbonyl (C=O) groups excluding carboxylic acids is 1. The number of rotatable bonds is 2. The fourth-order valence-electron chi connectivity index (χ4n) is 1.94. The second kappa shape index (κ2) is 4.56. The van der Waals surface area contributed by atoms with Crippen LogP contribution in [0, 0.1) is 0 Å². The average Bonchev–Trinajstić information content (AvgIpc) is 2.82. The molecular formula is C15H9ClOS. The van der Waals surface area contributed by atoms with Crippen LogP contribution in [0.25, 0.3) is 10.1 Å². The molecule has 0 fully saturated rings. The van der Waals surface area contributed by atoms with E-state index < -0.39 is 0 Å². The molecule has 1 heterocycles. The van der Waals surface area contributed by atoms with Gasteiger partial charge in [-0.1, -0.05) is 41.9 Å². The first kappa shape index (κ1) is 11.5. The maximum atomic E-state index is 12.4. The van der Waals surface area contributed by atoms with Crippen LogP contribution < -0.4 is 0 Å². The number of hydrogen-bond acceptors (Lipinski definition) is 2. The fourth-order valence-corrected chi connectivity index (χ4v) is 3.07. The molecule has 0 unspecified atom stereocenters. The summed E-state index contributed by atoms with van der Waals surface area (Å²) in [6.45, 7) is 0. The third-order valence-electron chi connectivity index (χ3n) is 2.81. The summed E-state index contributed by atoms with van der Waals surface area (Å²) in [5.74, 6) is 0.0231. The van der Waals surface area contributed by atoms with Gasteiger partial charge < -0.3 is 0 Å². The van der Waals surface area contributed by atoms with Crippen LogP contribution in [0.5, 0.6) is 0 Å². The minimum atomic E-state index is 0.0231. The van der Waals surface area contributed by atoms with Crippen LogP contribution in [0.4, 0.5) is 0 Å². The molecule has 0 N–H and O–H groups in total. The second-order valence-electron chi connectivity index (χ2n) is 3.99. The first-order valence-electron chi connectivity index (χ1n) is 5.52. The molecule has 1 aromatic heterocycles. The Morgan fingerprint density at radius 3 is 2.72 bits per heavy atom. The van der Waals surface area contributed by atoms with E-state index in [0.29, 0.717) is 10.6 Å². The van der Waals surface area contributed by atoms with E-state index in [2.05, 4.69) is 0 Å². The van der Waals surface area contributed by atoms with Crippen molar-refractivity contribution in [2.75, 3.05) is 0 Å². The van der Waals surface area contributed by atoms with Gasteiger partial charge in [-0.3, -0.25) is 4.79 Å². The van der Waals surface area contributed by atoms with Crippen molar-refractivity contribution in [1.29, 1.82) is 0 Å². The van der Waals surface area contributed by atoms with E-state index in [1.807, 2.05) is 29.6 Å². The van der Waals surface area contributed by atoms with Gasteiger partial charge in [0.2, 0.25) is 0 Å². The highest BCUT2D eigenvalue weighted by molar-refractivity contribution is 7.17. The first-order valence-corrected chi connectivity index (χ1v) is 6.78. The molecule has 0 saturated carbocycles. The Bertz CT molecular complexity index is 730. The Hall–Kier alpha value is -1.64. The quantitative estimate of drug-likeness (QED) is 0.613. The third-order valence-corrected chi connectivity index (χ3v) is 4.01. The number of fused-ring (bicyclic) bond motifs is 1. The van der Waals surface area contributed by atoms with Gasteiger partial charge in [0, 0.05) is 31.6 Å². The van der Waals surface area contributed by atoms with E-state index in [9.17, 15) is 4.79 Å². The molecule has 0 aliphatic rings. The summed E-state index contributed by atoms with van der Waals surface area (Å²) >= 11 is 7.51. The third kappa shape index (κ3) is 1.94. The van der Waals surface area contributed by atoms with Gasteiger partial charge in [0.25, 0.3) is 0 Å². The van der Waals surface area contributed by atoms with E-state index in [0.717, 1.165) is 15.6 Å². The average molecular weight is 273 g/mol. The molecule has 0 aliphatic heterocycles. The zero-order chi connectivity index (χ0) is 12.5. The van der Waals surface area contributed by atoms with Gasteiger partial charge in [-0.05, 0) is 18.2 Å². The minimum Gasteiger partial charge on any atom is -0.289 e. The highest BCUT2D eigenvalue weighted by Crippen LogP contribution is 2.28. The van der Waals surface area contributed by atoms with Crippen molar-refractivity contribution >= 4 is 38.8 Å². The standard InChI is InChI=1S/C15H9ClOS/c16-11-5-3-4-10(8-11)15(17)13-9-18-14-7-2-1-6-12(13)14/h1-9H. The lowest BCUT2D eigenvalue weighted by atomic mass is 10.0. The Balaban J connectivity index is 2.12. The summed E-state index contributed by atoms with van der Waals surface area (Å²) in [6, 6.07) is 15.0. The lowest BCUT2D eigenvalue weighted by molar-refractivity contribution is 0.104. The number of carbonyl (C=O) groups is 1. The van der Waals surface area contributed by atoms with Crippen molar-refractivity contribution in [3.05, 3.63) is 70.1 Å². The van der Waals surface area contributed by atoms with Crippen LogP contribution in [-0.4, -0.2) is 5.78 Å². The predicted octanol–water partition coefficient (Wildman–Crippen LogP) is 4.79. The molecule has 0 saturated heterocycles. The molecule has 0 bridgehead atoms. The number of ketones is 1. The molecule has 18 heavy (non-hydrogen) atoms. The molecule has 3 rings (SSSR count). The lowest BCUT2D eigenvalue weighted by Gasteiger charge is -2.00. The van der Waals surface area contributed by atoms with Gasteiger partial charge >= 0.3 is 0 Å². The zero-order valence-electron chi connectivity index (χ0n) is 9.39. The van der Waals surface area contributed by atoms with E-state index >= 15 is 0 Å². The Morgan fingerprint density at radius 2 is 1.89 bits per heavy atom. The minimum absolute atomic E-state index is 0.0231. The Kier molecular flexibility index (Phi) is 2.90. The maximum absolute atomic E-state index is 12.4. The van der Waals surface area contributed by atoms with E-state index in [-0.39, 0.29) is 5.78 Å². The van der Waals surface area contributed by atoms with Crippen molar-refractivity contribution in [2.24, 2.45) is 0 Å². The Morgan fingerprint density at radius 1 is 1.06 bits per heavy atom. The first-order chi connectivity index (χ1) is 8.75. The monoisotopic (exact) mass is 272 g/mol. The maximum Gasteiger partial charge on any atom is 0.194 e. The van der Waals surface area contributed by atoms with Gasteiger partial charge in [-0.2, -0.15) is 0 Å². The van der Waals surface area contributed by atoms with Gasteiger partial charge in [0.05, 0.1) is 0 Å². The smallest absolute Gasteiger partial charge is 0.194 e. The molecule has 88 valence electrons. The van der Waals surface area contributed by atoms with Gasteiger partial charge in [-0.25, -0.2) is 0 Å². The van der Waals surface area contributed by atoms with E-state index in [1.165, 1.54) is 0 Å². The number of hydrogen-bond donors (Lipinski definition) is 0. The molecule has 0 aliphatic carbocycles. The van der Waals surface area contributed by atoms with Crippen molar-refractivity contribution in [3.63, 3.8) is 0 Å². The van der Waals surface area contributed by atoms with Crippen LogP contribution in [0.3, 0.4) is 0 Å². The zero-order valence-corrected chi connectivity index (χ0v) is 11.0. The van der Waals surface area contributed by atoms with Crippen LogP contribution in [0.15, 0.2) is 53.9 Å². The summed E-state index contributed by atoms with van der Waals surface area (Å²) < 4.78 is 1.13. The van der Waals surface area contributed by atoms with Crippen molar-refractivity contribution in [2.45, 2.75) is 0 Å².